The molecule has 2 N–H and O–H groups in total. The molecule has 4 heteroatoms. The molecule has 1 aromatic rings. The molecule has 1 aromatic carbocycles. The van der Waals surface area contributed by atoms with Gasteiger partial charge in [0.1, 0.15) is 0 Å². The Balaban J connectivity index is 0.00000112. The number of carbonyl (C=O) groups is 1. The van der Waals surface area contributed by atoms with Crippen LogP contribution in [-0.4, -0.2) is 18.5 Å². The second-order valence-electron chi connectivity index (χ2n) is 3.50. The Kier molecular flexibility index (Phi) is 4.59. The number of nitrogens with one attached hydrogen (secondary N) is 2. The van der Waals surface area contributed by atoms with E-state index < -0.39 is 0 Å². The highest BCUT2D eigenvalue weighted by Crippen LogP contribution is 2.02. The van der Waals surface area contributed by atoms with Gasteiger partial charge in [0.2, 0.25) is 5.91 Å². The molecule has 1 heterocycles. The van der Waals surface area contributed by atoms with Gasteiger partial charge in [0.15, 0.2) is 0 Å². The lowest BCUT2D eigenvalue weighted by atomic mass is 10.1. The van der Waals surface area contributed by atoms with Crippen molar-refractivity contribution in [1.29, 1.82) is 0 Å². The zero-order chi connectivity index (χ0) is 9.80. The van der Waals surface area contributed by atoms with E-state index in [9.17, 15) is 4.79 Å². The molecule has 0 radical (unpaired) electrons. The summed E-state index contributed by atoms with van der Waals surface area (Å²) in [6.07, 6.45) is 0.959. The number of hydrogen-bond donors (Lipinski definition) is 2. The molecule has 3 nitrogen and oxygen atoms in total. The molecule has 1 aliphatic rings. The van der Waals surface area contributed by atoms with Crippen molar-refractivity contribution in [3.63, 3.8) is 0 Å². The van der Waals surface area contributed by atoms with Crippen LogP contribution in [0, 0.1) is 0 Å². The quantitative estimate of drug-likeness (QED) is 0.810. The second-order valence-corrected chi connectivity index (χ2v) is 3.50. The Morgan fingerprint density at radius 2 is 2.07 bits per heavy atom. The first-order chi connectivity index (χ1) is 6.86. The van der Waals surface area contributed by atoms with E-state index in [1.54, 1.807) is 0 Å². The molecule has 1 aliphatic heterocycles. The van der Waals surface area contributed by atoms with Crippen molar-refractivity contribution in [2.45, 2.75) is 19.0 Å². The summed E-state index contributed by atoms with van der Waals surface area (Å²) in [4.78, 5) is 11.4. The van der Waals surface area contributed by atoms with E-state index in [0.717, 1.165) is 18.5 Å². The van der Waals surface area contributed by atoms with Crippen LogP contribution in [0.15, 0.2) is 30.3 Å². The van der Waals surface area contributed by atoms with E-state index in [0.29, 0.717) is 6.54 Å². The minimum atomic E-state index is 0. The number of amides is 1. The highest BCUT2D eigenvalue weighted by atomic mass is 35.5. The van der Waals surface area contributed by atoms with Gasteiger partial charge >= 0.3 is 0 Å². The van der Waals surface area contributed by atoms with E-state index in [4.69, 9.17) is 0 Å². The zero-order valence-corrected chi connectivity index (χ0v) is 9.22. The normalized spacial score (nSPS) is 18.5. The first-order valence-corrected chi connectivity index (χ1v) is 4.91. The SMILES string of the molecule is Cl.O=C(NCc1ccccc1)[C@H]1CCN1. The van der Waals surface area contributed by atoms with Crippen LogP contribution in [0.25, 0.3) is 0 Å². The molecule has 1 fully saturated rings. The molecule has 0 spiro atoms. The summed E-state index contributed by atoms with van der Waals surface area (Å²) in [6, 6.07) is 9.98. The molecular weight excluding hydrogens is 212 g/mol. The van der Waals surface area contributed by atoms with Crippen LogP contribution >= 0.6 is 12.4 Å². The topological polar surface area (TPSA) is 41.1 Å². The Morgan fingerprint density at radius 3 is 2.60 bits per heavy atom. The molecule has 1 atom stereocenters. The van der Waals surface area contributed by atoms with Gasteiger partial charge < -0.3 is 10.6 Å². The number of hydrogen-bond acceptors (Lipinski definition) is 2. The first kappa shape index (κ1) is 12.0. The average molecular weight is 227 g/mol. The van der Waals surface area contributed by atoms with Crippen molar-refractivity contribution < 1.29 is 4.79 Å². The van der Waals surface area contributed by atoms with Gasteiger partial charge in [-0.25, -0.2) is 0 Å². The standard InChI is InChI=1S/C11H14N2O.ClH/c14-11(10-6-7-12-10)13-8-9-4-2-1-3-5-9;/h1-5,10,12H,6-8H2,(H,13,14);1H/t10-;/m1./s1. The van der Waals surface area contributed by atoms with Gasteiger partial charge in [-0.3, -0.25) is 4.79 Å². The van der Waals surface area contributed by atoms with Crippen molar-refractivity contribution in [3.05, 3.63) is 35.9 Å². The third-order valence-corrected chi connectivity index (χ3v) is 2.45. The molecule has 0 aliphatic carbocycles. The molecule has 82 valence electrons. The van der Waals surface area contributed by atoms with Crippen LogP contribution in [0.2, 0.25) is 0 Å². The van der Waals surface area contributed by atoms with Gasteiger partial charge in [-0.1, -0.05) is 30.3 Å². The van der Waals surface area contributed by atoms with Crippen molar-refractivity contribution in [3.8, 4) is 0 Å². The fraction of sp³-hybridized carbons (Fsp3) is 0.364. The van der Waals surface area contributed by atoms with Crippen LogP contribution in [0.3, 0.4) is 0 Å². The lowest BCUT2D eigenvalue weighted by Gasteiger charge is -2.26. The Hall–Kier alpha value is -1.06. The predicted octanol–water partition coefficient (Wildman–Crippen LogP) is 1.09. The summed E-state index contributed by atoms with van der Waals surface area (Å²) < 4.78 is 0. The second kappa shape index (κ2) is 5.73. The minimum absolute atomic E-state index is 0. The van der Waals surface area contributed by atoms with E-state index in [1.165, 1.54) is 0 Å². The van der Waals surface area contributed by atoms with Crippen molar-refractivity contribution in [2.24, 2.45) is 0 Å². The number of benzene rings is 1. The Morgan fingerprint density at radius 1 is 1.40 bits per heavy atom. The fourth-order valence-electron chi connectivity index (χ4n) is 1.42. The average Bonchev–Trinajstić information content (AvgIpc) is 2.14. The number of halogens is 1. The van der Waals surface area contributed by atoms with Gasteiger partial charge in [0.05, 0.1) is 6.04 Å². The maximum atomic E-state index is 11.4. The maximum Gasteiger partial charge on any atom is 0.237 e. The molecule has 0 aromatic heterocycles. The lowest BCUT2D eigenvalue weighted by Crippen LogP contribution is -2.52. The minimum Gasteiger partial charge on any atom is -0.351 e. The molecule has 1 saturated heterocycles. The summed E-state index contributed by atoms with van der Waals surface area (Å²) >= 11 is 0. The summed E-state index contributed by atoms with van der Waals surface area (Å²) in [5.74, 6) is 0.111. The summed E-state index contributed by atoms with van der Waals surface area (Å²) in [5.41, 5.74) is 1.14. The van der Waals surface area contributed by atoms with Gasteiger partial charge in [0.25, 0.3) is 0 Å². The highest BCUT2D eigenvalue weighted by Gasteiger charge is 2.23. The van der Waals surface area contributed by atoms with Gasteiger partial charge in [0, 0.05) is 6.54 Å². The maximum absolute atomic E-state index is 11.4. The largest absolute Gasteiger partial charge is 0.351 e. The number of carbonyl (C=O) groups excluding carboxylic acids is 1. The molecule has 0 saturated carbocycles. The third-order valence-electron chi connectivity index (χ3n) is 2.45. The molecule has 0 bridgehead atoms. The van der Waals surface area contributed by atoms with Crippen LogP contribution in [-0.2, 0) is 11.3 Å². The van der Waals surface area contributed by atoms with Gasteiger partial charge in [-0.15, -0.1) is 12.4 Å². The highest BCUT2D eigenvalue weighted by molar-refractivity contribution is 5.85. The van der Waals surface area contributed by atoms with Crippen molar-refractivity contribution in [2.75, 3.05) is 6.54 Å². The lowest BCUT2D eigenvalue weighted by molar-refractivity contribution is -0.124. The van der Waals surface area contributed by atoms with Crippen LogP contribution < -0.4 is 10.6 Å². The summed E-state index contributed by atoms with van der Waals surface area (Å²) in [7, 11) is 0. The van der Waals surface area contributed by atoms with Crippen LogP contribution in [0.4, 0.5) is 0 Å². The van der Waals surface area contributed by atoms with Gasteiger partial charge in [-0.2, -0.15) is 0 Å². The van der Waals surface area contributed by atoms with Crippen molar-refractivity contribution in [1.82, 2.24) is 10.6 Å². The zero-order valence-electron chi connectivity index (χ0n) is 8.40. The fourth-order valence-corrected chi connectivity index (χ4v) is 1.42. The van der Waals surface area contributed by atoms with E-state index in [-0.39, 0.29) is 24.4 Å². The number of rotatable bonds is 3. The van der Waals surface area contributed by atoms with E-state index >= 15 is 0 Å². The van der Waals surface area contributed by atoms with Gasteiger partial charge in [-0.05, 0) is 18.5 Å². The third kappa shape index (κ3) is 3.22. The van der Waals surface area contributed by atoms with Crippen molar-refractivity contribution >= 4 is 18.3 Å². The molecule has 0 unspecified atom stereocenters. The van der Waals surface area contributed by atoms with Crippen LogP contribution in [0.1, 0.15) is 12.0 Å². The Labute approximate surface area is 95.7 Å². The molecule has 2 rings (SSSR count). The predicted molar refractivity (Wildman–Crippen MR) is 61.9 cm³/mol. The molecule has 1 amide bonds. The summed E-state index contributed by atoms with van der Waals surface area (Å²) in [6.45, 7) is 1.58. The van der Waals surface area contributed by atoms with E-state index in [1.807, 2.05) is 30.3 Å². The monoisotopic (exact) mass is 226 g/mol. The summed E-state index contributed by atoms with van der Waals surface area (Å²) in [5, 5.41) is 5.97. The molecular formula is C11H15ClN2O. The molecule has 15 heavy (non-hydrogen) atoms. The van der Waals surface area contributed by atoms with Crippen LogP contribution in [0.5, 0.6) is 0 Å². The smallest absolute Gasteiger partial charge is 0.237 e. The first-order valence-electron chi connectivity index (χ1n) is 4.91. The Bertz CT molecular complexity index is 312. The van der Waals surface area contributed by atoms with E-state index in [2.05, 4.69) is 10.6 Å².